The lowest BCUT2D eigenvalue weighted by atomic mass is 10.1. The second-order valence-corrected chi connectivity index (χ2v) is 3.44. The van der Waals surface area contributed by atoms with E-state index in [2.05, 4.69) is 0 Å². The molecule has 1 heterocycles. The highest BCUT2D eigenvalue weighted by Gasteiger charge is 2.21. The minimum Gasteiger partial charge on any atom is -0.454 e. The van der Waals surface area contributed by atoms with Gasteiger partial charge in [-0.05, 0) is 25.5 Å². The second kappa shape index (κ2) is 3.46. The van der Waals surface area contributed by atoms with Crippen molar-refractivity contribution < 1.29 is 13.9 Å². The summed E-state index contributed by atoms with van der Waals surface area (Å²) in [7, 11) is 0. The lowest BCUT2D eigenvalue weighted by Crippen LogP contribution is -2.18. The maximum atomic E-state index is 13.4. The van der Waals surface area contributed by atoms with E-state index in [0.717, 1.165) is 0 Å². The number of hydrogen-bond donors (Lipinski definition) is 1. The number of ether oxygens (including phenoxy) is 2. The first-order chi connectivity index (χ1) is 6.68. The Hall–Kier alpha value is -1.29. The average Bonchev–Trinajstić information content (AvgIpc) is 2.57. The predicted octanol–water partition coefficient (Wildman–Crippen LogP) is 1.44. The first-order valence-corrected chi connectivity index (χ1v) is 4.51. The monoisotopic (exact) mass is 197 g/mol. The van der Waals surface area contributed by atoms with Crippen molar-refractivity contribution in [3.63, 3.8) is 0 Å². The van der Waals surface area contributed by atoms with E-state index in [1.165, 1.54) is 6.07 Å². The van der Waals surface area contributed by atoms with Gasteiger partial charge < -0.3 is 15.2 Å². The van der Waals surface area contributed by atoms with Gasteiger partial charge in [-0.25, -0.2) is 4.39 Å². The fraction of sp³-hybridized carbons (Fsp3) is 0.400. The van der Waals surface area contributed by atoms with Gasteiger partial charge >= 0.3 is 0 Å². The van der Waals surface area contributed by atoms with Gasteiger partial charge in [-0.2, -0.15) is 0 Å². The van der Waals surface area contributed by atoms with Crippen LogP contribution in [0.5, 0.6) is 11.5 Å². The Morgan fingerprint density at radius 1 is 1.50 bits per heavy atom. The van der Waals surface area contributed by atoms with Gasteiger partial charge in [0.2, 0.25) is 6.79 Å². The number of hydrogen-bond acceptors (Lipinski definition) is 3. The third-order valence-electron chi connectivity index (χ3n) is 2.11. The average molecular weight is 197 g/mol. The van der Waals surface area contributed by atoms with Crippen molar-refractivity contribution in [1.82, 2.24) is 0 Å². The van der Waals surface area contributed by atoms with Crippen LogP contribution in [0.2, 0.25) is 0 Å². The Kier molecular flexibility index (Phi) is 2.29. The molecule has 1 aliphatic rings. The zero-order valence-corrected chi connectivity index (χ0v) is 7.92. The number of benzene rings is 1. The van der Waals surface area contributed by atoms with Gasteiger partial charge in [-0.3, -0.25) is 0 Å². The smallest absolute Gasteiger partial charge is 0.231 e. The Morgan fingerprint density at radius 2 is 2.29 bits per heavy atom. The maximum Gasteiger partial charge on any atom is 0.231 e. The van der Waals surface area contributed by atoms with Crippen LogP contribution in [0.15, 0.2) is 12.1 Å². The minimum absolute atomic E-state index is 0.0970. The molecule has 0 radical (unpaired) electrons. The molecule has 0 bridgehead atoms. The summed E-state index contributed by atoms with van der Waals surface area (Å²) >= 11 is 0. The van der Waals surface area contributed by atoms with Crippen LogP contribution in [-0.4, -0.2) is 12.8 Å². The van der Waals surface area contributed by atoms with Crippen molar-refractivity contribution in [2.24, 2.45) is 5.73 Å². The van der Waals surface area contributed by atoms with Crippen molar-refractivity contribution in [3.05, 3.63) is 23.5 Å². The minimum atomic E-state index is -0.286. The summed E-state index contributed by atoms with van der Waals surface area (Å²) in [5.74, 6) is 0.816. The molecule has 2 N–H and O–H groups in total. The highest BCUT2D eigenvalue weighted by atomic mass is 19.1. The molecule has 0 amide bonds. The quantitative estimate of drug-likeness (QED) is 0.780. The molecule has 3 nitrogen and oxygen atoms in total. The molecule has 0 aliphatic carbocycles. The van der Waals surface area contributed by atoms with Crippen LogP contribution in [0.25, 0.3) is 0 Å². The van der Waals surface area contributed by atoms with Gasteiger partial charge in [0.05, 0.1) is 0 Å². The van der Waals surface area contributed by atoms with E-state index in [4.69, 9.17) is 15.2 Å². The fourth-order valence-corrected chi connectivity index (χ4v) is 1.52. The molecule has 1 aromatic carbocycles. The normalized spacial score (nSPS) is 15.6. The Balaban J connectivity index is 2.41. The third-order valence-corrected chi connectivity index (χ3v) is 2.11. The van der Waals surface area contributed by atoms with E-state index in [1.807, 2.05) is 6.92 Å². The second-order valence-electron chi connectivity index (χ2n) is 3.44. The third kappa shape index (κ3) is 1.53. The van der Waals surface area contributed by atoms with Crippen LogP contribution in [0.4, 0.5) is 4.39 Å². The van der Waals surface area contributed by atoms with Crippen molar-refractivity contribution in [1.29, 1.82) is 0 Å². The van der Waals surface area contributed by atoms with E-state index in [9.17, 15) is 4.39 Å². The lowest BCUT2D eigenvalue weighted by molar-refractivity contribution is 0.173. The van der Waals surface area contributed by atoms with Crippen molar-refractivity contribution in [3.8, 4) is 11.5 Å². The number of rotatable bonds is 2. The molecular formula is C10H12FNO2. The zero-order valence-electron chi connectivity index (χ0n) is 7.92. The molecule has 76 valence electrons. The summed E-state index contributed by atoms with van der Waals surface area (Å²) in [6.07, 6.45) is 0.457. The predicted molar refractivity (Wildman–Crippen MR) is 49.9 cm³/mol. The molecule has 1 aliphatic heterocycles. The molecule has 0 spiro atoms. The first kappa shape index (κ1) is 9.27. The molecule has 0 aromatic heterocycles. The van der Waals surface area contributed by atoms with Crippen LogP contribution in [0.3, 0.4) is 0 Å². The van der Waals surface area contributed by atoms with Gasteiger partial charge in [-0.1, -0.05) is 0 Å². The summed E-state index contributed by atoms with van der Waals surface area (Å²) in [4.78, 5) is 0. The molecular weight excluding hydrogens is 185 g/mol. The Labute approximate surface area is 81.6 Å². The SMILES string of the molecule is CC(N)Cc1c(F)ccc2c1OCO2. The summed E-state index contributed by atoms with van der Waals surface area (Å²) in [5, 5.41) is 0. The maximum absolute atomic E-state index is 13.4. The van der Waals surface area contributed by atoms with Gasteiger partial charge in [0.15, 0.2) is 11.5 Å². The Morgan fingerprint density at radius 3 is 3.00 bits per heavy atom. The molecule has 4 heteroatoms. The standard InChI is InChI=1S/C10H12FNO2/c1-6(12)4-7-8(11)2-3-9-10(7)14-5-13-9/h2-3,6H,4-5,12H2,1H3. The first-order valence-electron chi connectivity index (χ1n) is 4.51. The summed E-state index contributed by atoms with van der Waals surface area (Å²) in [5.41, 5.74) is 6.13. The molecule has 2 rings (SSSR count). The van der Waals surface area contributed by atoms with Crippen molar-refractivity contribution >= 4 is 0 Å². The van der Waals surface area contributed by atoms with Gasteiger partial charge in [0.1, 0.15) is 5.82 Å². The summed E-state index contributed by atoms with van der Waals surface area (Å²) in [6.45, 7) is 1.99. The van der Waals surface area contributed by atoms with E-state index < -0.39 is 0 Å². The Bertz CT molecular complexity index is 352. The van der Waals surface area contributed by atoms with Gasteiger partial charge in [-0.15, -0.1) is 0 Å². The molecule has 1 atom stereocenters. The molecule has 0 saturated heterocycles. The number of fused-ring (bicyclic) bond motifs is 1. The molecule has 14 heavy (non-hydrogen) atoms. The van der Waals surface area contributed by atoms with Crippen LogP contribution in [-0.2, 0) is 6.42 Å². The number of nitrogens with two attached hydrogens (primary N) is 1. The highest BCUT2D eigenvalue weighted by molar-refractivity contribution is 5.49. The topological polar surface area (TPSA) is 44.5 Å². The molecule has 0 fully saturated rings. The van der Waals surface area contributed by atoms with E-state index >= 15 is 0 Å². The zero-order chi connectivity index (χ0) is 10.1. The molecule has 0 saturated carbocycles. The summed E-state index contributed by atoms with van der Waals surface area (Å²) in [6, 6.07) is 2.85. The van der Waals surface area contributed by atoms with E-state index in [1.54, 1.807) is 6.07 Å². The lowest BCUT2D eigenvalue weighted by Gasteiger charge is -2.09. The van der Waals surface area contributed by atoms with E-state index in [-0.39, 0.29) is 18.7 Å². The van der Waals surface area contributed by atoms with Crippen LogP contribution >= 0.6 is 0 Å². The van der Waals surface area contributed by atoms with Crippen LogP contribution in [0.1, 0.15) is 12.5 Å². The van der Waals surface area contributed by atoms with Crippen molar-refractivity contribution in [2.45, 2.75) is 19.4 Å². The molecule has 1 unspecified atom stereocenters. The highest BCUT2D eigenvalue weighted by Crippen LogP contribution is 2.37. The fourth-order valence-electron chi connectivity index (χ4n) is 1.52. The van der Waals surface area contributed by atoms with Crippen LogP contribution < -0.4 is 15.2 Å². The largest absolute Gasteiger partial charge is 0.454 e. The van der Waals surface area contributed by atoms with Gasteiger partial charge in [0.25, 0.3) is 0 Å². The van der Waals surface area contributed by atoms with E-state index in [0.29, 0.717) is 23.5 Å². The van der Waals surface area contributed by atoms with Gasteiger partial charge in [0, 0.05) is 11.6 Å². The summed E-state index contributed by atoms with van der Waals surface area (Å²) < 4.78 is 23.8. The van der Waals surface area contributed by atoms with Crippen molar-refractivity contribution in [2.75, 3.05) is 6.79 Å². The number of halogens is 1. The van der Waals surface area contributed by atoms with Crippen LogP contribution in [0, 0.1) is 5.82 Å². The molecule has 1 aromatic rings.